The normalized spacial score (nSPS) is 21.9. The molecular formula is C34H42FN5O4. The van der Waals surface area contributed by atoms with E-state index in [2.05, 4.69) is 68.1 Å². The van der Waals surface area contributed by atoms with E-state index in [1.54, 1.807) is 0 Å². The first-order valence-corrected chi connectivity index (χ1v) is 15.7. The zero-order valence-electron chi connectivity index (χ0n) is 26.3. The summed E-state index contributed by atoms with van der Waals surface area (Å²) < 4.78 is 15.2. The SMILES string of the molecule is Cc1ccc(C(C)(C)C)cc1N(C)CC1CCN(C2CN(c3cc4c(cc3F)C(=O)N(C3CCC(=O)NC3=O)C4=O)C2)CC1. The van der Waals surface area contributed by atoms with Crippen LogP contribution in [0.15, 0.2) is 30.3 Å². The topological polar surface area (TPSA) is 93.3 Å². The Morgan fingerprint density at radius 1 is 0.955 bits per heavy atom. The molecule has 1 unspecified atom stereocenters. The Balaban J connectivity index is 1.04. The maximum atomic E-state index is 15.2. The van der Waals surface area contributed by atoms with Crippen molar-refractivity contribution in [2.75, 3.05) is 49.6 Å². The first kappa shape index (κ1) is 30.2. The average Bonchev–Trinajstić information content (AvgIpc) is 3.17. The van der Waals surface area contributed by atoms with Crippen molar-refractivity contribution in [1.82, 2.24) is 15.1 Å². The van der Waals surface area contributed by atoms with Gasteiger partial charge < -0.3 is 9.80 Å². The van der Waals surface area contributed by atoms with E-state index in [0.717, 1.165) is 43.4 Å². The molecule has 4 amide bonds. The molecule has 4 heterocycles. The molecule has 2 aromatic carbocycles. The zero-order chi connectivity index (χ0) is 31.5. The highest BCUT2D eigenvalue weighted by Gasteiger charge is 2.46. The summed E-state index contributed by atoms with van der Waals surface area (Å²) in [5, 5.41) is 2.18. The van der Waals surface area contributed by atoms with Gasteiger partial charge in [-0.3, -0.25) is 34.3 Å². The number of hydrogen-bond acceptors (Lipinski definition) is 7. The Hall–Kier alpha value is -3.79. The zero-order valence-corrected chi connectivity index (χ0v) is 26.3. The lowest BCUT2D eigenvalue weighted by Crippen LogP contribution is -2.61. The fraction of sp³-hybridized carbons (Fsp3) is 0.529. The molecular weight excluding hydrogens is 561 g/mol. The minimum Gasteiger partial charge on any atom is -0.374 e. The van der Waals surface area contributed by atoms with E-state index in [-0.39, 0.29) is 29.4 Å². The summed E-state index contributed by atoms with van der Waals surface area (Å²) in [5.41, 5.74) is 4.41. The van der Waals surface area contributed by atoms with E-state index in [1.807, 2.05) is 4.90 Å². The summed E-state index contributed by atoms with van der Waals surface area (Å²) in [6.07, 6.45) is 2.32. The molecule has 1 N–H and O–H groups in total. The molecule has 2 aromatic rings. The predicted molar refractivity (Wildman–Crippen MR) is 167 cm³/mol. The minimum atomic E-state index is -1.07. The molecule has 0 saturated carbocycles. The summed E-state index contributed by atoms with van der Waals surface area (Å²) in [4.78, 5) is 57.8. The smallest absolute Gasteiger partial charge is 0.262 e. The highest BCUT2D eigenvalue weighted by Crippen LogP contribution is 2.36. The van der Waals surface area contributed by atoms with Crippen LogP contribution in [0.1, 0.15) is 78.3 Å². The molecule has 6 rings (SSSR count). The number of nitrogens with one attached hydrogen (secondary N) is 1. The fourth-order valence-electron chi connectivity index (χ4n) is 7.08. The maximum Gasteiger partial charge on any atom is 0.262 e. The number of amides is 4. The molecule has 0 aliphatic carbocycles. The van der Waals surface area contributed by atoms with Gasteiger partial charge in [-0.1, -0.05) is 32.9 Å². The summed E-state index contributed by atoms with van der Waals surface area (Å²) in [6, 6.07) is 8.60. The van der Waals surface area contributed by atoms with Crippen LogP contribution < -0.4 is 15.1 Å². The van der Waals surface area contributed by atoms with Gasteiger partial charge in [-0.2, -0.15) is 0 Å². The van der Waals surface area contributed by atoms with Crippen molar-refractivity contribution < 1.29 is 23.6 Å². The Morgan fingerprint density at radius 3 is 2.25 bits per heavy atom. The second-order valence-electron chi connectivity index (χ2n) is 14.0. The van der Waals surface area contributed by atoms with Crippen molar-refractivity contribution in [1.29, 1.82) is 0 Å². The summed E-state index contributed by atoms with van der Waals surface area (Å²) in [7, 11) is 2.19. The van der Waals surface area contributed by atoms with Crippen LogP contribution in [0.2, 0.25) is 0 Å². The Bertz CT molecular complexity index is 1520. The van der Waals surface area contributed by atoms with Crippen LogP contribution in [0.4, 0.5) is 15.8 Å². The summed E-state index contributed by atoms with van der Waals surface area (Å²) >= 11 is 0. The number of carbonyl (C=O) groups is 4. The molecule has 10 heteroatoms. The van der Waals surface area contributed by atoms with E-state index in [0.29, 0.717) is 30.7 Å². The van der Waals surface area contributed by atoms with Gasteiger partial charge in [0.25, 0.3) is 11.8 Å². The standard InChI is InChI=1S/C34H42FN5O4/c1-20-6-7-22(34(2,3)4)14-28(20)37(5)17-21-10-12-38(13-11-21)23-18-39(19-23)29-16-25-24(15-26(29)35)32(43)40(33(25)44)27-8-9-30(41)36-31(27)42/h6-7,14-16,21,23,27H,8-13,17-19H2,1-5H3,(H,36,41,42). The van der Waals surface area contributed by atoms with Gasteiger partial charge in [0.15, 0.2) is 0 Å². The Morgan fingerprint density at radius 2 is 1.61 bits per heavy atom. The van der Waals surface area contributed by atoms with Crippen molar-refractivity contribution in [2.24, 2.45) is 5.92 Å². The van der Waals surface area contributed by atoms with Crippen LogP contribution in [-0.4, -0.2) is 85.3 Å². The van der Waals surface area contributed by atoms with Crippen molar-refractivity contribution >= 4 is 35.0 Å². The molecule has 1 atom stereocenters. The van der Waals surface area contributed by atoms with Gasteiger partial charge in [0.05, 0.1) is 16.8 Å². The lowest BCUT2D eigenvalue weighted by Gasteiger charge is -2.49. The largest absolute Gasteiger partial charge is 0.374 e. The molecule has 3 saturated heterocycles. The van der Waals surface area contributed by atoms with E-state index in [1.165, 1.54) is 22.9 Å². The van der Waals surface area contributed by atoms with E-state index in [4.69, 9.17) is 0 Å². The minimum absolute atomic E-state index is 0.0367. The van der Waals surface area contributed by atoms with Crippen LogP contribution in [0, 0.1) is 18.7 Å². The monoisotopic (exact) mass is 603 g/mol. The molecule has 0 spiro atoms. The molecule has 9 nitrogen and oxygen atoms in total. The number of nitrogens with zero attached hydrogens (tertiary/aromatic N) is 4. The lowest BCUT2D eigenvalue weighted by molar-refractivity contribution is -0.136. The highest BCUT2D eigenvalue weighted by atomic mass is 19.1. The second-order valence-corrected chi connectivity index (χ2v) is 14.0. The average molecular weight is 604 g/mol. The van der Waals surface area contributed by atoms with Crippen LogP contribution in [-0.2, 0) is 15.0 Å². The number of anilines is 2. The predicted octanol–water partition coefficient (Wildman–Crippen LogP) is 3.87. The fourth-order valence-corrected chi connectivity index (χ4v) is 7.08. The van der Waals surface area contributed by atoms with Gasteiger partial charge in [0, 0.05) is 44.8 Å². The van der Waals surface area contributed by atoms with E-state index in [9.17, 15) is 19.2 Å². The van der Waals surface area contributed by atoms with Crippen molar-refractivity contribution in [3.05, 3.63) is 58.4 Å². The van der Waals surface area contributed by atoms with Gasteiger partial charge in [-0.25, -0.2) is 4.39 Å². The van der Waals surface area contributed by atoms with Crippen molar-refractivity contribution in [2.45, 2.75) is 70.9 Å². The lowest BCUT2D eigenvalue weighted by atomic mass is 9.86. The number of rotatable bonds is 6. The van der Waals surface area contributed by atoms with Crippen LogP contribution >= 0.6 is 0 Å². The number of piperidine rings is 2. The third kappa shape index (κ3) is 5.49. The number of fused-ring (bicyclic) bond motifs is 1. The van der Waals surface area contributed by atoms with E-state index < -0.39 is 35.5 Å². The highest BCUT2D eigenvalue weighted by molar-refractivity contribution is 6.23. The number of benzene rings is 2. The van der Waals surface area contributed by atoms with Gasteiger partial charge >= 0.3 is 0 Å². The first-order chi connectivity index (χ1) is 20.8. The van der Waals surface area contributed by atoms with Crippen LogP contribution in [0.5, 0.6) is 0 Å². The molecule has 3 fully saturated rings. The summed E-state index contributed by atoms with van der Waals surface area (Å²) in [5.74, 6) is -2.38. The van der Waals surface area contributed by atoms with Crippen LogP contribution in [0.3, 0.4) is 0 Å². The molecule has 44 heavy (non-hydrogen) atoms. The third-order valence-electron chi connectivity index (χ3n) is 9.89. The van der Waals surface area contributed by atoms with Crippen molar-refractivity contribution in [3.8, 4) is 0 Å². The molecule has 0 aromatic heterocycles. The van der Waals surface area contributed by atoms with Gasteiger partial charge in [0.1, 0.15) is 11.9 Å². The quantitative estimate of drug-likeness (QED) is 0.502. The van der Waals surface area contributed by atoms with Crippen LogP contribution in [0.25, 0.3) is 0 Å². The second kappa shape index (κ2) is 11.3. The maximum absolute atomic E-state index is 15.2. The first-order valence-electron chi connectivity index (χ1n) is 15.7. The van der Waals surface area contributed by atoms with Gasteiger partial charge in [-0.15, -0.1) is 0 Å². The number of likely N-dealkylation sites (tertiary alicyclic amines) is 1. The molecule has 0 radical (unpaired) electrons. The van der Waals surface area contributed by atoms with Crippen molar-refractivity contribution in [3.63, 3.8) is 0 Å². The summed E-state index contributed by atoms with van der Waals surface area (Å²) in [6.45, 7) is 13.2. The molecule has 4 aliphatic heterocycles. The third-order valence-corrected chi connectivity index (χ3v) is 9.89. The van der Waals surface area contributed by atoms with Gasteiger partial charge in [-0.05, 0) is 79.9 Å². The molecule has 234 valence electrons. The molecule has 4 aliphatic rings. The Labute approximate surface area is 258 Å². The number of hydrogen-bond donors (Lipinski definition) is 1. The number of imide groups is 2. The van der Waals surface area contributed by atoms with Gasteiger partial charge in [0.2, 0.25) is 11.8 Å². The Kier molecular flexibility index (Phi) is 7.76. The molecule has 0 bridgehead atoms. The number of aryl methyl sites for hydroxylation is 1. The number of carbonyl (C=O) groups excluding carboxylic acids is 4. The van der Waals surface area contributed by atoms with E-state index >= 15 is 4.39 Å². The number of halogens is 1.